The second-order valence-corrected chi connectivity index (χ2v) is 9.68. The maximum Gasteiger partial charge on any atom is 0.343 e. The number of ether oxygens (including phenoxy) is 3. The van der Waals surface area contributed by atoms with Crippen molar-refractivity contribution in [3.8, 4) is 17.2 Å². The van der Waals surface area contributed by atoms with Gasteiger partial charge in [0.15, 0.2) is 11.5 Å². The van der Waals surface area contributed by atoms with E-state index in [0.29, 0.717) is 33.9 Å². The van der Waals surface area contributed by atoms with Gasteiger partial charge in [-0.05, 0) is 58.1 Å². The molecule has 7 heteroatoms. The second kappa shape index (κ2) is 11.2. The van der Waals surface area contributed by atoms with E-state index in [9.17, 15) is 9.59 Å². The van der Waals surface area contributed by atoms with Crippen LogP contribution in [0.2, 0.25) is 0 Å². The molecule has 0 fully saturated rings. The number of fused-ring (bicyclic) bond motifs is 1. The Balaban J connectivity index is 1.59. The molecular formula is C31H30N2O5. The largest absolute Gasteiger partial charge is 0.493 e. The molecule has 0 bridgehead atoms. The third-order valence-corrected chi connectivity index (χ3v) is 6.13. The van der Waals surface area contributed by atoms with E-state index in [4.69, 9.17) is 14.2 Å². The number of rotatable bonds is 7. The summed E-state index contributed by atoms with van der Waals surface area (Å²) in [5, 5.41) is 5.93. The maximum atomic E-state index is 13.0. The molecule has 4 rings (SSSR count). The number of amides is 1. The van der Waals surface area contributed by atoms with E-state index >= 15 is 0 Å². The van der Waals surface area contributed by atoms with E-state index in [1.54, 1.807) is 36.4 Å². The second-order valence-electron chi connectivity index (χ2n) is 9.68. The smallest absolute Gasteiger partial charge is 0.343 e. The SMILES string of the molecule is COc1ccc(C(=O)Oc2ccc3ccccc3c2/C=N/NC(=O)c2ccc(C(C)(C)C)cc2)cc1OC. The van der Waals surface area contributed by atoms with Crippen LogP contribution in [-0.4, -0.2) is 32.3 Å². The number of benzene rings is 4. The Bertz CT molecular complexity index is 1500. The first kappa shape index (κ1) is 26.4. The van der Waals surface area contributed by atoms with E-state index in [2.05, 4.69) is 31.3 Å². The Hall–Kier alpha value is -4.65. The van der Waals surface area contributed by atoms with Crippen molar-refractivity contribution in [3.05, 3.63) is 101 Å². The van der Waals surface area contributed by atoms with E-state index < -0.39 is 5.97 Å². The quantitative estimate of drug-likeness (QED) is 0.140. The molecule has 4 aromatic carbocycles. The molecule has 1 amide bonds. The number of carbonyl (C=O) groups excluding carboxylic acids is 2. The third-order valence-electron chi connectivity index (χ3n) is 6.13. The minimum absolute atomic E-state index is 0.00763. The molecule has 0 aliphatic rings. The van der Waals surface area contributed by atoms with Gasteiger partial charge in [-0.1, -0.05) is 63.2 Å². The highest BCUT2D eigenvalue weighted by atomic mass is 16.5. The lowest BCUT2D eigenvalue weighted by molar-refractivity contribution is 0.0734. The highest BCUT2D eigenvalue weighted by molar-refractivity contribution is 6.04. The topological polar surface area (TPSA) is 86.2 Å². The van der Waals surface area contributed by atoms with Gasteiger partial charge in [0, 0.05) is 11.1 Å². The standard InChI is InChI=1S/C31H30N2O5/c1-31(2,3)23-14-10-21(11-15-23)29(34)33-32-19-25-24-9-7-6-8-20(24)12-16-26(25)38-30(35)22-13-17-27(36-4)28(18-22)37-5/h6-19H,1-5H3,(H,33,34)/b32-19+. The number of carbonyl (C=O) groups is 2. The normalized spacial score (nSPS) is 11.4. The van der Waals surface area contributed by atoms with Gasteiger partial charge in [0.1, 0.15) is 5.75 Å². The average molecular weight is 511 g/mol. The fourth-order valence-electron chi connectivity index (χ4n) is 3.96. The number of nitrogens with one attached hydrogen (secondary N) is 1. The lowest BCUT2D eigenvalue weighted by Crippen LogP contribution is -2.18. The predicted molar refractivity (Wildman–Crippen MR) is 149 cm³/mol. The van der Waals surface area contributed by atoms with Gasteiger partial charge in [0.2, 0.25) is 0 Å². The zero-order valence-corrected chi connectivity index (χ0v) is 22.1. The average Bonchev–Trinajstić information content (AvgIpc) is 2.93. The van der Waals surface area contributed by atoms with E-state index in [1.807, 2.05) is 42.5 Å². The van der Waals surface area contributed by atoms with Crippen molar-refractivity contribution in [2.45, 2.75) is 26.2 Å². The first-order valence-electron chi connectivity index (χ1n) is 12.1. The molecule has 0 aliphatic carbocycles. The molecule has 38 heavy (non-hydrogen) atoms. The van der Waals surface area contributed by atoms with Crippen LogP contribution >= 0.6 is 0 Å². The zero-order chi connectivity index (χ0) is 27.3. The van der Waals surface area contributed by atoms with Crippen LogP contribution < -0.4 is 19.6 Å². The van der Waals surface area contributed by atoms with Gasteiger partial charge >= 0.3 is 5.97 Å². The van der Waals surface area contributed by atoms with Gasteiger partial charge in [-0.25, -0.2) is 10.2 Å². The van der Waals surface area contributed by atoms with Gasteiger partial charge < -0.3 is 14.2 Å². The van der Waals surface area contributed by atoms with Gasteiger partial charge in [-0.15, -0.1) is 0 Å². The van der Waals surface area contributed by atoms with Crippen LogP contribution in [0.4, 0.5) is 0 Å². The first-order chi connectivity index (χ1) is 18.2. The van der Waals surface area contributed by atoms with Gasteiger partial charge in [0.25, 0.3) is 5.91 Å². The predicted octanol–water partition coefficient (Wildman–Crippen LogP) is 6.14. The molecule has 1 N–H and O–H groups in total. The lowest BCUT2D eigenvalue weighted by Gasteiger charge is -2.18. The summed E-state index contributed by atoms with van der Waals surface area (Å²) >= 11 is 0. The molecule has 0 heterocycles. The molecule has 0 aromatic heterocycles. The minimum atomic E-state index is -0.571. The minimum Gasteiger partial charge on any atom is -0.493 e. The van der Waals surface area contributed by atoms with Crippen LogP contribution in [0.25, 0.3) is 10.8 Å². The van der Waals surface area contributed by atoms with E-state index in [1.165, 1.54) is 20.4 Å². The monoisotopic (exact) mass is 510 g/mol. The third kappa shape index (κ3) is 5.83. The number of hydrogen-bond acceptors (Lipinski definition) is 6. The zero-order valence-electron chi connectivity index (χ0n) is 22.1. The Morgan fingerprint density at radius 1 is 0.789 bits per heavy atom. The fourth-order valence-corrected chi connectivity index (χ4v) is 3.96. The molecule has 7 nitrogen and oxygen atoms in total. The molecule has 0 aliphatic heterocycles. The van der Waals surface area contributed by atoms with Gasteiger partial charge in [0.05, 0.1) is 26.0 Å². The Morgan fingerprint density at radius 2 is 1.45 bits per heavy atom. The molecule has 0 spiro atoms. The summed E-state index contributed by atoms with van der Waals surface area (Å²) in [6, 6.07) is 23.4. The Kier molecular flexibility index (Phi) is 7.76. The Morgan fingerprint density at radius 3 is 2.13 bits per heavy atom. The first-order valence-corrected chi connectivity index (χ1v) is 12.1. The number of esters is 1. The molecule has 0 saturated heterocycles. The lowest BCUT2D eigenvalue weighted by atomic mass is 9.87. The van der Waals surface area contributed by atoms with Crippen LogP contribution in [-0.2, 0) is 5.41 Å². The summed E-state index contributed by atoms with van der Waals surface area (Å²) in [4.78, 5) is 25.7. The van der Waals surface area contributed by atoms with Crippen LogP contribution in [0.15, 0.2) is 84.0 Å². The molecule has 194 valence electrons. The van der Waals surface area contributed by atoms with Crippen molar-refractivity contribution in [1.82, 2.24) is 5.43 Å². The molecular weight excluding hydrogens is 480 g/mol. The number of hydrogen-bond donors (Lipinski definition) is 1. The number of nitrogens with zero attached hydrogens (tertiary/aromatic N) is 1. The van der Waals surface area contributed by atoms with Crippen LogP contribution in [0, 0.1) is 0 Å². The molecule has 0 atom stereocenters. The summed E-state index contributed by atoms with van der Waals surface area (Å²) in [6.45, 7) is 6.35. The van der Waals surface area contributed by atoms with Gasteiger partial charge in [-0.3, -0.25) is 4.79 Å². The number of hydrazone groups is 1. The summed E-state index contributed by atoms with van der Waals surface area (Å²) in [5.41, 5.74) is 5.04. The van der Waals surface area contributed by atoms with Crippen molar-refractivity contribution >= 4 is 28.9 Å². The highest BCUT2D eigenvalue weighted by Gasteiger charge is 2.17. The summed E-state index contributed by atoms with van der Waals surface area (Å²) < 4.78 is 16.3. The van der Waals surface area contributed by atoms with Gasteiger partial charge in [-0.2, -0.15) is 5.10 Å². The van der Waals surface area contributed by atoms with Crippen LogP contribution in [0.5, 0.6) is 17.2 Å². The number of methoxy groups -OCH3 is 2. The fraction of sp³-hybridized carbons (Fsp3) is 0.194. The van der Waals surface area contributed by atoms with E-state index in [-0.39, 0.29) is 11.3 Å². The molecule has 0 saturated carbocycles. The molecule has 0 radical (unpaired) electrons. The highest BCUT2D eigenvalue weighted by Crippen LogP contribution is 2.30. The van der Waals surface area contributed by atoms with E-state index in [0.717, 1.165) is 16.3 Å². The van der Waals surface area contributed by atoms with Crippen molar-refractivity contribution in [3.63, 3.8) is 0 Å². The van der Waals surface area contributed by atoms with Crippen LogP contribution in [0.3, 0.4) is 0 Å². The van der Waals surface area contributed by atoms with Crippen molar-refractivity contribution in [1.29, 1.82) is 0 Å². The maximum absolute atomic E-state index is 13.0. The van der Waals surface area contributed by atoms with Crippen molar-refractivity contribution < 1.29 is 23.8 Å². The van der Waals surface area contributed by atoms with Crippen LogP contribution in [0.1, 0.15) is 52.6 Å². The Labute approximate surface area is 222 Å². The van der Waals surface area contributed by atoms with Crippen molar-refractivity contribution in [2.75, 3.05) is 14.2 Å². The summed E-state index contributed by atoms with van der Waals surface area (Å²) in [6.07, 6.45) is 1.49. The summed E-state index contributed by atoms with van der Waals surface area (Å²) in [5.74, 6) is 0.313. The van der Waals surface area contributed by atoms with Crippen molar-refractivity contribution in [2.24, 2.45) is 5.10 Å². The summed E-state index contributed by atoms with van der Waals surface area (Å²) in [7, 11) is 3.02. The molecule has 0 unspecified atom stereocenters. The molecule has 4 aromatic rings.